The zero-order valence-electron chi connectivity index (χ0n) is 32.5. The first kappa shape index (κ1) is 47.5. The van der Waals surface area contributed by atoms with E-state index >= 15 is 0 Å². The van der Waals surface area contributed by atoms with Crippen molar-refractivity contribution in [3.8, 4) is 0 Å². The van der Waals surface area contributed by atoms with E-state index in [-0.39, 0.29) is 43.1 Å². The van der Waals surface area contributed by atoms with Crippen LogP contribution in [0.15, 0.2) is 85.1 Å². The summed E-state index contributed by atoms with van der Waals surface area (Å²) in [5.74, 6) is -1.94. The first-order valence-corrected chi connectivity index (χ1v) is 19.2. The van der Waals surface area contributed by atoms with E-state index in [1.165, 1.54) is 19.3 Å². The van der Waals surface area contributed by atoms with Gasteiger partial charge in [0.05, 0.1) is 46.7 Å². The molecule has 0 saturated carbocycles. The normalized spacial score (nSPS) is 14.0. The zero-order chi connectivity index (χ0) is 37.8. The van der Waals surface area contributed by atoms with Gasteiger partial charge in [-0.3, -0.25) is 9.59 Å². The van der Waals surface area contributed by atoms with Crippen molar-refractivity contribution in [1.82, 2.24) is 0 Å². The van der Waals surface area contributed by atoms with Crippen LogP contribution in [0.25, 0.3) is 0 Å². The van der Waals surface area contributed by atoms with E-state index in [2.05, 4.69) is 68.5 Å². The fourth-order valence-corrected chi connectivity index (χ4v) is 4.91. The number of hydrogen-bond acceptors (Lipinski definition) is 7. The smallest absolute Gasteiger partial charge is 0.310 e. The maximum Gasteiger partial charge on any atom is 0.310 e. The summed E-state index contributed by atoms with van der Waals surface area (Å²) in [6, 6.07) is -0.746. The van der Waals surface area contributed by atoms with Crippen LogP contribution in [-0.2, 0) is 28.6 Å². The van der Waals surface area contributed by atoms with Crippen LogP contribution >= 0.6 is 0 Å². The van der Waals surface area contributed by atoms with Gasteiger partial charge in [-0.05, 0) is 51.4 Å². The van der Waals surface area contributed by atoms with Crippen LogP contribution in [0.2, 0.25) is 0 Å². The highest BCUT2D eigenvalue weighted by Crippen LogP contribution is 2.11. The molecule has 0 N–H and O–H groups in total. The van der Waals surface area contributed by atoms with E-state index in [1.54, 1.807) is 27.2 Å². The molecule has 2 unspecified atom stereocenters. The standard InChI is InChI=1S/C43H69NO7/c1-6-8-10-12-14-16-17-18-19-20-21-22-23-24-26-27-29-31-33-41(45)50-38-39(37-49-36-35-40(43(47)48)44(3,4)5)51-42(46)34-32-30-28-25-15-13-11-9-7-2/h9,11,14-22,25,30,32,39-40H,6-8,10,12-13,23-24,26-29,31,33-38H2,1-5H3/b11-9+,16-14+,18-17+,20-19+,22-21+,25-15+,32-30+. The first-order valence-electron chi connectivity index (χ1n) is 19.2. The number of carboxylic acid groups (broad SMARTS) is 1. The number of hydrogen-bond donors (Lipinski definition) is 0. The van der Waals surface area contributed by atoms with Gasteiger partial charge in [-0.25, -0.2) is 0 Å². The summed E-state index contributed by atoms with van der Waals surface area (Å²) in [4.78, 5) is 36.5. The van der Waals surface area contributed by atoms with Gasteiger partial charge < -0.3 is 28.6 Å². The Morgan fingerprint density at radius 2 is 1.22 bits per heavy atom. The Morgan fingerprint density at radius 3 is 1.82 bits per heavy atom. The minimum atomic E-state index is -1.15. The van der Waals surface area contributed by atoms with Gasteiger partial charge in [0.25, 0.3) is 0 Å². The summed E-state index contributed by atoms with van der Waals surface area (Å²) in [7, 11) is 5.34. The molecule has 0 spiro atoms. The Morgan fingerprint density at radius 1 is 0.647 bits per heavy atom. The molecule has 0 aliphatic carbocycles. The summed E-state index contributed by atoms with van der Waals surface area (Å²) in [5, 5.41) is 11.6. The van der Waals surface area contributed by atoms with E-state index < -0.39 is 24.1 Å². The number of allylic oxidation sites excluding steroid dienone is 13. The molecule has 51 heavy (non-hydrogen) atoms. The number of quaternary nitrogens is 1. The average Bonchev–Trinajstić information content (AvgIpc) is 3.08. The minimum Gasteiger partial charge on any atom is -0.544 e. The molecular formula is C43H69NO7. The van der Waals surface area contributed by atoms with Crippen molar-refractivity contribution < 1.29 is 38.2 Å². The van der Waals surface area contributed by atoms with Crippen LogP contribution in [0.5, 0.6) is 0 Å². The third kappa shape index (κ3) is 32.2. The van der Waals surface area contributed by atoms with Crippen molar-refractivity contribution in [2.24, 2.45) is 0 Å². The summed E-state index contributed by atoms with van der Waals surface area (Å²) in [5.41, 5.74) is 0. The molecule has 2 atom stereocenters. The lowest BCUT2D eigenvalue weighted by atomic mass is 10.1. The van der Waals surface area contributed by atoms with Gasteiger partial charge in [0.15, 0.2) is 6.10 Å². The second kappa shape index (κ2) is 33.6. The molecule has 8 nitrogen and oxygen atoms in total. The van der Waals surface area contributed by atoms with Crippen molar-refractivity contribution in [2.75, 3.05) is 41.0 Å². The fourth-order valence-electron chi connectivity index (χ4n) is 4.91. The molecule has 8 heteroatoms. The Hall–Kier alpha value is -3.49. The number of aliphatic carboxylic acids is 1. The number of carbonyl (C=O) groups is 3. The van der Waals surface area contributed by atoms with Crippen LogP contribution in [0, 0.1) is 0 Å². The maximum absolute atomic E-state index is 12.5. The van der Waals surface area contributed by atoms with Gasteiger partial charge in [0.2, 0.25) is 0 Å². The number of esters is 2. The van der Waals surface area contributed by atoms with E-state index in [0.29, 0.717) is 12.8 Å². The van der Waals surface area contributed by atoms with E-state index in [4.69, 9.17) is 14.2 Å². The third-order valence-corrected chi connectivity index (χ3v) is 7.89. The predicted octanol–water partition coefficient (Wildman–Crippen LogP) is 8.46. The molecule has 0 aromatic rings. The lowest BCUT2D eigenvalue weighted by Crippen LogP contribution is -2.55. The monoisotopic (exact) mass is 712 g/mol. The number of carboxylic acids is 1. The Bertz CT molecular complexity index is 1110. The SMILES string of the molecule is CC/C=C/C/C=C/C/C=C/CC(=O)OC(COCCC(C(=O)[O-])[N+](C)(C)C)COC(=O)CCCCCCC/C=C/C=C/C=C/C=C/CCCCC. The lowest BCUT2D eigenvalue weighted by molar-refractivity contribution is -0.889. The Balaban J connectivity index is 4.50. The molecule has 0 heterocycles. The topological polar surface area (TPSA) is 102 Å². The second-order valence-corrected chi connectivity index (χ2v) is 13.5. The highest BCUT2D eigenvalue weighted by Gasteiger charge is 2.25. The zero-order valence-corrected chi connectivity index (χ0v) is 32.5. The molecule has 0 fully saturated rings. The van der Waals surface area contributed by atoms with Crippen LogP contribution < -0.4 is 5.11 Å². The van der Waals surface area contributed by atoms with Gasteiger partial charge in [-0.15, -0.1) is 0 Å². The molecule has 0 rings (SSSR count). The summed E-state index contributed by atoms with van der Waals surface area (Å²) >= 11 is 0. The lowest BCUT2D eigenvalue weighted by Gasteiger charge is -2.34. The number of unbranched alkanes of at least 4 members (excludes halogenated alkanes) is 8. The van der Waals surface area contributed by atoms with Crippen molar-refractivity contribution in [3.63, 3.8) is 0 Å². The van der Waals surface area contributed by atoms with Crippen LogP contribution in [0.3, 0.4) is 0 Å². The van der Waals surface area contributed by atoms with Crippen LogP contribution in [-0.4, -0.2) is 75.5 Å². The molecule has 0 aromatic carbocycles. The highest BCUT2D eigenvalue weighted by molar-refractivity contribution is 5.71. The van der Waals surface area contributed by atoms with Crippen LogP contribution in [0.4, 0.5) is 0 Å². The van der Waals surface area contributed by atoms with Crippen molar-refractivity contribution in [2.45, 2.75) is 129 Å². The maximum atomic E-state index is 12.5. The van der Waals surface area contributed by atoms with Gasteiger partial charge in [0, 0.05) is 12.8 Å². The number of ether oxygens (including phenoxy) is 3. The molecule has 0 amide bonds. The first-order chi connectivity index (χ1) is 24.6. The van der Waals surface area contributed by atoms with Crippen LogP contribution in [0.1, 0.15) is 117 Å². The molecule has 288 valence electrons. The average molecular weight is 712 g/mol. The van der Waals surface area contributed by atoms with Crippen molar-refractivity contribution in [3.05, 3.63) is 85.1 Å². The third-order valence-electron chi connectivity index (χ3n) is 7.89. The van der Waals surface area contributed by atoms with E-state index in [1.807, 2.05) is 24.3 Å². The summed E-state index contributed by atoms with van der Waals surface area (Å²) in [6.45, 7) is 4.33. The quantitative estimate of drug-likeness (QED) is 0.0227. The van der Waals surface area contributed by atoms with Crippen molar-refractivity contribution in [1.29, 1.82) is 0 Å². The van der Waals surface area contributed by atoms with E-state index in [0.717, 1.165) is 57.8 Å². The predicted molar refractivity (Wildman–Crippen MR) is 208 cm³/mol. The molecule has 0 aliphatic heterocycles. The number of nitrogens with zero attached hydrogens (tertiary/aromatic N) is 1. The number of rotatable bonds is 32. The molecule has 0 saturated heterocycles. The molecule has 0 aliphatic rings. The number of likely N-dealkylation sites (N-methyl/N-ethyl adjacent to an activating group) is 1. The Labute approximate surface area is 310 Å². The highest BCUT2D eigenvalue weighted by atomic mass is 16.6. The van der Waals surface area contributed by atoms with Gasteiger partial charge in [-0.2, -0.15) is 0 Å². The molecular weight excluding hydrogens is 642 g/mol. The fraction of sp³-hybridized carbons (Fsp3) is 0.605. The molecule has 0 aromatic heterocycles. The largest absolute Gasteiger partial charge is 0.544 e. The van der Waals surface area contributed by atoms with Crippen molar-refractivity contribution >= 4 is 17.9 Å². The molecule has 0 radical (unpaired) electrons. The second-order valence-electron chi connectivity index (χ2n) is 13.5. The Kier molecular flexibility index (Phi) is 31.3. The van der Waals surface area contributed by atoms with Gasteiger partial charge in [0.1, 0.15) is 12.6 Å². The minimum absolute atomic E-state index is 0.00879. The summed E-state index contributed by atoms with van der Waals surface area (Å²) in [6.07, 6.45) is 42.2. The van der Waals surface area contributed by atoms with Gasteiger partial charge in [-0.1, -0.05) is 131 Å². The molecule has 0 bridgehead atoms. The van der Waals surface area contributed by atoms with Gasteiger partial charge >= 0.3 is 11.9 Å². The number of carbonyl (C=O) groups excluding carboxylic acids is 3. The summed E-state index contributed by atoms with van der Waals surface area (Å²) < 4.78 is 16.9. The van der Waals surface area contributed by atoms with E-state index in [9.17, 15) is 19.5 Å².